The number of carbonyl (C=O) groups is 1. The smallest absolute Gasteiger partial charge is 0.407 e. The second-order valence-corrected chi connectivity index (χ2v) is 9.35. The van der Waals surface area contributed by atoms with Crippen molar-refractivity contribution >= 4 is 34.5 Å². The summed E-state index contributed by atoms with van der Waals surface area (Å²) in [6.45, 7) is 9.90. The van der Waals surface area contributed by atoms with Crippen LogP contribution >= 0.6 is 11.6 Å². The van der Waals surface area contributed by atoms with Crippen LogP contribution in [-0.2, 0) is 0 Å². The molecule has 1 saturated heterocycles. The molecular formula is C23H26ClFN6O3. The first-order chi connectivity index (χ1) is 16.0. The van der Waals surface area contributed by atoms with Gasteiger partial charge in [0, 0.05) is 31.4 Å². The predicted octanol–water partition coefficient (Wildman–Crippen LogP) is 3.98. The maximum Gasteiger partial charge on any atom is 0.407 e. The molecule has 0 aliphatic carbocycles. The van der Waals surface area contributed by atoms with Gasteiger partial charge in [0.25, 0.3) is 0 Å². The maximum atomic E-state index is 14.7. The lowest BCUT2D eigenvalue weighted by Crippen LogP contribution is -2.58. The fraction of sp³-hybridized carbons (Fsp3) is 0.435. The van der Waals surface area contributed by atoms with Gasteiger partial charge >= 0.3 is 11.8 Å². The van der Waals surface area contributed by atoms with Crippen LogP contribution in [0.5, 0.6) is 0 Å². The molecule has 1 aliphatic heterocycles. The van der Waals surface area contributed by atoms with E-state index in [1.54, 1.807) is 12.3 Å². The van der Waals surface area contributed by atoms with E-state index in [0.717, 1.165) is 5.56 Å². The molecule has 9 nitrogen and oxygen atoms in total. The van der Waals surface area contributed by atoms with E-state index in [1.165, 1.54) is 15.5 Å². The van der Waals surface area contributed by atoms with E-state index >= 15 is 0 Å². The molecule has 1 aliphatic rings. The number of piperazine rings is 1. The summed E-state index contributed by atoms with van der Waals surface area (Å²) in [5.74, 6) is -0.493. The molecule has 0 bridgehead atoms. The number of amides is 1. The van der Waals surface area contributed by atoms with Crippen LogP contribution in [0.1, 0.15) is 44.9 Å². The first-order valence-corrected chi connectivity index (χ1v) is 11.4. The molecule has 11 heteroatoms. The Morgan fingerprint density at radius 1 is 1.24 bits per heavy atom. The summed E-state index contributed by atoms with van der Waals surface area (Å²) in [7, 11) is 0. The second kappa shape index (κ2) is 8.83. The highest BCUT2D eigenvalue weighted by molar-refractivity contribution is 6.30. The zero-order valence-electron chi connectivity index (χ0n) is 19.6. The number of aryl methyl sites for hydroxylation is 1. The van der Waals surface area contributed by atoms with Crippen LogP contribution in [0, 0.1) is 12.7 Å². The predicted molar refractivity (Wildman–Crippen MR) is 128 cm³/mol. The Morgan fingerprint density at radius 3 is 2.47 bits per heavy atom. The molecule has 0 saturated carbocycles. The number of carboxylic acid groups (broad SMARTS) is 1. The first kappa shape index (κ1) is 23.9. The van der Waals surface area contributed by atoms with Crippen LogP contribution in [0.3, 0.4) is 0 Å². The summed E-state index contributed by atoms with van der Waals surface area (Å²) >= 11 is 6.07. The second-order valence-electron chi connectivity index (χ2n) is 8.99. The third-order valence-corrected chi connectivity index (χ3v) is 6.38. The number of hydrogen-bond acceptors (Lipinski definition) is 6. The zero-order chi connectivity index (χ0) is 24.9. The Hall–Kier alpha value is -3.27. The molecule has 1 fully saturated rings. The van der Waals surface area contributed by atoms with E-state index in [2.05, 4.69) is 15.0 Å². The van der Waals surface area contributed by atoms with Gasteiger partial charge in [0.2, 0.25) is 0 Å². The molecule has 0 radical (unpaired) electrons. The van der Waals surface area contributed by atoms with Crippen molar-refractivity contribution in [2.75, 3.05) is 18.0 Å². The molecule has 4 rings (SSSR count). The summed E-state index contributed by atoms with van der Waals surface area (Å²) in [5, 5.41) is 9.38. The molecule has 180 valence electrons. The molecule has 2 atom stereocenters. The zero-order valence-corrected chi connectivity index (χ0v) is 20.3. The van der Waals surface area contributed by atoms with Gasteiger partial charge in [-0.3, -0.25) is 4.98 Å². The summed E-state index contributed by atoms with van der Waals surface area (Å²) in [5.41, 5.74) is 1.57. The summed E-state index contributed by atoms with van der Waals surface area (Å²) in [4.78, 5) is 41.3. The molecule has 3 aromatic heterocycles. The number of hydrogen-bond donors (Lipinski definition) is 1. The van der Waals surface area contributed by atoms with Crippen LogP contribution in [0.25, 0.3) is 16.7 Å². The Kier molecular flexibility index (Phi) is 6.20. The van der Waals surface area contributed by atoms with E-state index in [4.69, 9.17) is 11.6 Å². The molecule has 0 aromatic carbocycles. The monoisotopic (exact) mass is 488 g/mol. The Bertz CT molecular complexity index is 1330. The molecule has 1 N–H and O–H groups in total. The third-order valence-electron chi connectivity index (χ3n) is 6.12. The van der Waals surface area contributed by atoms with Gasteiger partial charge in [0.15, 0.2) is 16.6 Å². The molecule has 0 spiro atoms. The summed E-state index contributed by atoms with van der Waals surface area (Å²) < 4.78 is 16.0. The van der Waals surface area contributed by atoms with Crippen LogP contribution in [0.2, 0.25) is 5.15 Å². The van der Waals surface area contributed by atoms with Crippen LogP contribution in [0.4, 0.5) is 15.0 Å². The Labute approximate surface area is 200 Å². The molecule has 1 amide bonds. The standard InChI is InChI=1S/C23H26ClFN6O3/c1-11(2)17-18(12(3)6-7-26-17)31-20-15(8-16(25)19(24)27-20)21(28-22(31)32)30-13(4)9-29(23(33)34)10-14(30)5/h6-8,11,13-14H,9-10H2,1-5H3,(H,33,34). The molecular weight excluding hydrogens is 463 g/mol. The summed E-state index contributed by atoms with van der Waals surface area (Å²) in [6, 6.07) is 2.40. The van der Waals surface area contributed by atoms with Crippen molar-refractivity contribution in [3.05, 3.63) is 51.0 Å². The van der Waals surface area contributed by atoms with E-state index in [0.29, 0.717) is 16.8 Å². The fourth-order valence-electron chi connectivity index (χ4n) is 4.66. The van der Waals surface area contributed by atoms with Gasteiger partial charge in [-0.1, -0.05) is 25.4 Å². The molecule has 3 aromatic rings. The number of pyridine rings is 2. The van der Waals surface area contributed by atoms with Gasteiger partial charge in [-0.25, -0.2) is 23.5 Å². The number of rotatable bonds is 3. The number of fused-ring (bicyclic) bond motifs is 1. The average molecular weight is 489 g/mol. The fourth-order valence-corrected chi connectivity index (χ4v) is 4.80. The number of aromatic nitrogens is 4. The van der Waals surface area contributed by atoms with Crippen molar-refractivity contribution < 1.29 is 14.3 Å². The lowest BCUT2D eigenvalue weighted by atomic mass is 10.0. The number of anilines is 1. The van der Waals surface area contributed by atoms with E-state index in [-0.39, 0.29) is 47.7 Å². The summed E-state index contributed by atoms with van der Waals surface area (Å²) in [6.07, 6.45) is 0.661. The van der Waals surface area contributed by atoms with E-state index in [1.807, 2.05) is 39.5 Å². The lowest BCUT2D eigenvalue weighted by Gasteiger charge is -2.44. The minimum Gasteiger partial charge on any atom is -0.465 e. The number of halogens is 2. The number of nitrogens with zero attached hydrogens (tertiary/aromatic N) is 6. The van der Waals surface area contributed by atoms with Gasteiger partial charge < -0.3 is 14.9 Å². The van der Waals surface area contributed by atoms with E-state index in [9.17, 15) is 19.1 Å². The normalized spacial score (nSPS) is 18.7. The first-order valence-electron chi connectivity index (χ1n) is 11.0. The Morgan fingerprint density at radius 2 is 1.88 bits per heavy atom. The molecule has 2 unspecified atom stereocenters. The van der Waals surface area contributed by atoms with Crippen molar-refractivity contribution in [3.63, 3.8) is 0 Å². The molecule has 34 heavy (non-hydrogen) atoms. The van der Waals surface area contributed by atoms with Gasteiger partial charge in [-0.2, -0.15) is 4.98 Å². The van der Waals surface area contributed by atoms with Crippen LogP contribution in [-0.4, -0.2) is 60.8 Å². The topological polar surface area (TPSA) is 104 Å². The van der Waals surface area contributed by atoms with E-state index < -0.39 is 17.6 Å². The third kappa shape index (κ3) is 3.96. The largest absolute Gasteiger partial charge is 0.465 e. The highest BCUT2D eigenvalue weighted by atomic mass is 35.5. The minimum absolute atomic E-state index is 0.00316. The van der Waals surface area contributed by atoms with Crippen molar-refractivity contribution in [2.45, 2.75) is 52.6 Å². The van der Waals surface area contributed by atoms with Crippen LogP contribution < -0.4 is 10.6 Å². The SMILES string of the molecule is Cc1ccnc(C(C)C)c1-n1c(=O)nc(N2C(C)CN(C(=O)O)CC2C)c2cc(F)c(Cl)nc21. The van der Waals surface area contributed by atoms with Crippen LogP contribution in [0.15, 0.2) is 23.1 Å². The Balaban J connectivity index is 2.03. The van der Waals surface area contributed by atoms with Crippen molar-refractivity contribution in [1.29, 1.82) is 0 Å². The van der Waals surface area contributed by atoms with Crippen molar-refractivity contribution in [2.24, 2.45) is 0 Å². The highest BCUT2D eigenvalue weighted by Crippen LogP contribution is 2.33. The minimum atomic E-state index is -1.01. The van der Waals surface area contributed by atoms with Gasteiger partial charge in [-0.15, -0.1) is 0 Å². The molecule has 4 heterocycles. The maximum absolute atomic E-state index is 14.7. The van der Waals surface area contributed by atoms with Crippen molar-refractivity contribution in [1.82, 2.24) is 24.4 Å². The van der Waals surface area contributed by atoms with Gasteiger partial charge in [-0.05, 0) is 44.4 Å². The van der Waals surface area contributed by atoms with Gasteiger partial charge in [0.05, 0.1) is 16.8 Å². The lowest BCUT2D eigenvalue weighted by molar-refractivity contribution is 0.128. The van der Waals surface area contributed by atoms with Gasteiger partial charge in [0.1, 0.15) is 5.82 Å². The quantitative estimate of drug-likeness (QED) is 0.556. The average Bonchev–Trinajstić information content (AvgIpc) is 2.75. The highest BCUT2D eigenvalue weighted by Gasteiger charge is 2.35. The van der Waals surface area contributed by atoms with Crippen molar-refractivity contribution in [3.8, 4) is 5.69 Å².